The first-order valence-electron chi connectivity index (χ1n) is 5.45. The molecule has 0 aromatic carbocycles. The van der Waals surface area contributed by atoms with Gasteiger partial charge in [-0.1, -0.05) is 39.0 Å². The SMILES string of the molecule is CCCCCCC[CH]C(N)C(C)O. The molecule has 0 bridgehead atoms. The molecule has 2 unspecified atom stereocenters. The smallest absolute Gasteiger partial charge is 0.0665 e. The van der Waals surface area contributed by atoms with Crippen molar-refractivity contribution in [1.29, 1.82) is 0 Å². The van der Waals surface area contributed by atoms with Gasteiger partial charge in [-0.15, -0.1) is 0 Å². The van der Waals surface area contributed by atoms with Gasteiger partial charge in [-0.3, -0.25) is 0 Å². The average molecular weight is 186 g/mol. The van der Waals surface area contributed by atoms with Crippen molar-refractivity contribution >= 4 is 0 Å². The summed E-state index contributed by atoms with van der Waals surface area (Å²) in [5, 5.41) is 9.11. The van der Waals surface area contributed by atoms with Crippen LogP contribution in [-0.4, -0.2) is 17.3 Å². The largest absolute Gasteiger partial charge is 0.392 e. The summed E-state index contributed by atoms with van der Waals surface area (Å²) in [7, 11) is 0. The Labute approximate surface area is 82.5 Å². The lowest BCUT2D eigenvalue weighted by Crippen LogP contribution is -2.32. The van der Waals surface area contributed by atoms with Crippen LogP contribution in [0.15, 0.2) is 0 Å². The van der Waals surface area contributed by atoms with Gasteiger partial charge in [0.15, 0.2) is 0 Å². The molecule has 0 aromatic heterocycles. The van der Waals surface area contributed by atoms with E-state index in [2.05, 4.69) is 6.92 Å². The third kappa shape index (κ3) is 8.26. The lowest BCUT2D eigenvalue weighted by molar-refractivity contribution is 0.173. The third-order valence-corrected chi connectivity index (χ3v) is 2.30. The van der Waals surface area contributed by atoms with Gasteiger partial charge in [-0.2, -0.15) is 0 Å². The van der Waals surface area contributed by atoms with Crippen molar-refractivity contribution in [3.8, 4) is 0 Å². The zero-order valence-electron chi connectivity index (χ0n) is 9.00. The van der Waals surface area contributed by atoms with E-state index >= 15 is 0 Å². The first kappa shape index (κ1) is 12.9. The zero-order valence-corrected chi connectivity index (χ0v) is 9.00. The fraction of sp³-hybridized carbons (Fsp3) is 0.909. The van der Waals surface area contributed by atoms with Crippen LogP contribution >= 0.6 is 0 Å². The summed E-state index contributed by atoms with van der Waals surface area (Å²) in [5.74, 6) is 0. The second-order valence-electron chi connectivity index (χ2n) is 3.76. The molecule has 0 heterocycles. The first-order chi connectivity index (χ1) is 6.18. The summed E-state index contributed by atoms with van der Waals surface area (Å²) in [6, 6.07) is -0.147. The Morgan fingerprint density at radius 2 is 1.85 bits per heavy atom. The Balaban J connectivity index is 3.07. The Hall–Kier alpha value is -0.0800. The molecule has 0 fully saturated rings. The van der Waals surface area contributed by atoms with Gasteiger partial charge >= 0.3 is 0 Å². The van der Waals surface area contributed by atoms with Crippen molar-refractivity contribution in [2.24, 2.45) is 5.73 Å². The second kappa shape index (κ2) is 8.52. The predicted molar refractivity (Wildman–Crippen MR) is 57.3 cm³/mol. The number of aliphatic hydroxyl groups excluding tert-OH is 1. The molecule has 0 aliphatic rings. The molecule has 0 saturated heterocycles. The monoisotopic (exact) mass is 186 g/mol. The highest BCUT2D eigenvalue weighted by Crippen LogP contribution is 2.08. The molecule has 79 valence electrons. The van der Waals surface area contributed by atoms with Crippen molar-refractivity contribution in [2.45, 2.75) is 64.5 Å². The van der Waals surface area contributed by atoms with E-state index in [9.17, 15) is 0 Å². The fourth-order valence-electron chi connectivity index (χ4n) is 1.26. The fourth-order valence-corrected chi connectivity index (χ4v) is 1.26. The summed E-state index contributed by atoms with van der Waals surface area (Å²) < 4.78 is 0. The standard InChI is InChI=1S/C11H24NO/c1-3-4-5-6-7-8-9-11(12)10(2)13/h9-11,13H,3-8,12H2,1-2H3. The topological polar surface area (TPSA) is 46.2 Å². The maximum absolute atomic E-state index is 9.11. The number of nitrogens with two attached hydrogens (primary N) is 1. The highest BCUT2D eigenvalue weighted by Gasteiger charge is 2.07. The van der Waals surface area contributed by atoms with E-state index in [0.29, 0.717) is 0 Å². The molecule has 2 atom stereocenters. The highest BCUT2D eigenvalue weighted by molar-refractivity contribution is 4.83. The lowest BCUT2D eigenvalue weighted by Gasteiger charge is -2.13. The van der Waals surface area contributed by atoms with Gasteiger partial charge < -0.3 is 10.8 Å². The van der Waals surface area contributed by atoms with Gasteiger partial charge in [-0.05, 0) is 19.8 Å². The van der Waals surface area contributed by atoms with Crippen molar-refractivity contribution in [1.82, 2.24) is 0 Å². The van der Waals surface area contributed by atoms with E-state index in [1.807, 2.05) is 6.42 Å². The van der Waals surface area contributed by atoms with E-state index in [1.165, 1.54) is 32.1 Å². The molecule has 2 nitrogen and oxygen atoms in total. The van der Waals surface area contributed by atoms with Gasteiger partial charge in [0.05, 0.1) is 6.10 Å². The summed E-state index contributed by atoms with van der Waals surface area (Å²) in [6.45, 7) is 3.95. The maximum atomic E-state index is 9.11. The molecule has 3 N–H and O–H groups in total. The van der Waals surface area contributed by atoms with Gasteiger partial charge in [0, 0.05) is 6.04 Å². The second-order valence-corrected chi connectivity index (χ2v) is 3.76. The van der Waals surface area contributed by atoms with Crippen LogP contribution in [0.2, 0.25) is 0 Å². The van der Waals surface area contributed by atoms with Crippen molar-refractivity contribution in [3.05, 3.63) is 6.42 Å². The summed E-state index contributed by atoms with van der Waals surface area (Å²) in [6.07, 6.45) is 9.10. The summed E-state index contributed by atoms with van der Waals surface area (Å²) >= 11 is 0. The Morgan fingerprint density at radius 3 is 2.38 bits per heavy atom. The molecule has 0 saturated carbocycles. The quantitative estimate of drug-likeness (QED) is 0.571. The molecule has 0 amide bonds. The van der Waals surface area contributed by atoms with Crippen molar-refractivity contribution in [2.75, 3.05) is 0 Å². The molecule has 0 rings (SSSR count). The number of aliphatic hydroxyl groups is 1. The first-order valence-corrected chi connectivity index (χ1v) is 5.45. The number of hydrogen-bond donors (Lipinski definition) is 2. The van der Waals surface area contributed by atoms with Crippen LogP contribution in [0.25, 0.3) is 0 Å². The summed E-state index contributed by atoms with van der Waals surface area (Å²) in [5.41, 5.74) is 5.65. The molecule has 0 aromatic rings. The van der Waals surface area contributed by atoms with Gasteiger partial charge in [0.1, 0.15) is 0 Å². The molecule has 1 radical (unpaired) electrons. The minimum atomic E-state index is -0.407. The van der Waals surface area contributed by atoms with Crippen LogP contribution < -0.4 is 5.73 Å². The van der Waals surface area contributed by atoms with E-state index in [4.69, 9.17) is 10.8 Å². The van der Waals surface area contributed by atoms with Crippen LogP contribution in [0.1, 0.15) is 52.4 Å². The Kier molecular flexibility index (Phi) is 8.46. The van der Waals surface area contributed by atoms with Crippen LogP contribution in [-0.2, 0) is 0 Å². The summed E-state index contributed by atoms with van der Waals surface area (Å²) in [4.78, 5) is 0. The zero-order chi connectivity index (χ0) is 10.1. The van der Waals surface area contributed by atoms with Crippen LogP contribution in [0.4, 0.5) is 0 Å². The predicted octanol–water partition coefficient (Wildman–Crippen LogP) is 2.26. The van der Waals surface area contributed by atoms with Gasteiger partial charge in [0.25, 0.3) is 0 Å². The molecule has 13 heavy (non-hydrogen) atoms. The number of unbranched alkanes of at least 4 members (excludes halogenated alkanes) is 5. The molecule has 0 aliphatic heterocycles. The van der Waals surface area contributed by atoms with Crippen molar-refractivity contribution in [3.63, 3.8) is 0 Å². The van der Waals surface area contributed by atoms with Crippen molar-refractivity contribution < 1.29 is 5.11 Å². The third-order valence-electron chi connectivity index (χ3n) is 2.30. The maximum Gasteiger partial charge on any atom is 0.0665 e. The van der Waals surface area contributed by atoms with E-state index in [-0.39, 0.29) is 6.04 Å². The molecular weight excluding hydrogens is 162 g/mol. The van der Waals surface area contributed by atoms with Crippen LogP contribution in [0.3, 0.4) is 0 Å². The minimum absolute atomic E-state index is 0.147. The molecule has 0 aliphatic carbocycles. The van der Waals surface area contributed by atoms with E-state index in [1.54, 1.807) is 6.92 Å². The van der Waals surface area contributed by atoms with E-state index < -0.39 is 6.10 Å². The van der Waals surface area contributed by atoms with Gasteiger partial charge in [-0.25, -0.2) is 0 Å². The number of hydrogen-bond acceptors (Lipinski definition) is 2. The number of rotatable bonds is 8. The Bertz CT molecular complexity index is 104. The van der Waals surface area contributed by atoms with Gasteiger partial charge in [0.2, 0.25) is 0 Å². The normalized spacial score (nSPS) is 15.7. The van der Waals surface area contributed by atoms with E-state index in [0.717, 1.165) is 6.42 Å². The average Bonchev–Trinajstić information content (AvgIpc) is 2.10. The lowest BCUT2D eigenvalue weighted by atomic mass is 10.0. The highest BCUT2D eigenvalue weighted by atomic mass is 16.3. The molecule has 2 heteroatoms. The Morgan fingerprint density at radius 1 is 1.23 bits per heavy atom. The minimum Gasteiger partial charge on any atom is -0.392 e. The molecule has 0 spiro atoms. The van der Waals surface area contributed by atoms with Crippen LogP contribution in [0.5, 0.6) is 0 Å². The van der Waals surface area contributed by atoms with Crippen LogP contribution in [0, 0.1) is 6.42 Å². The molecular formula is C11H24NO.